The zero-order valence-electron chi connectivity index (χ0n) is 9.62. The minimum atomic E-state index is -3.69. The van der Waals surface area contributed by atoms with Crippen molar-refractivity contribution in [3.8, 4) is 0 Å². The van der Waals surface area contributed by atoms with E-state index in [0.717, 1.165) is 5.69 Å². The second-order valence-corrected chi connectivity index (χ2v) is 5.91. The van der Waals surface area contributed by atoms with Crippen molar-refractivity contribution in [2.45, 2.75) is 18.4 Å². The molecule has 1 heterocycles. The quantitative estimate of drug-likeness (QED) is 0.876. The van der Waals surface area contributed by atoms with E-state index in [0.29, 0.717) is 17.8 Å². The molecule has 0 saturated carbocycles. The molecule has 1 aromatic carbocycles. The third-order valence-electron chi connectivity index (χ3n) is 2.37. The first-order chi connectivity index (χ1) is 8.47. The molecule has 0 spiro atoms. The van der Waals surface area contributed by atoms with Crippen LogP contribution in [0.5, 0.6) is 0 Å². The van der Waals surface area contributed by atoms with Crippen molar-refractivity contribution < 1.29 is 8.42 Å². The molecule has 0 amide bonds. The minimum absolute atomic E-state index is 0.129. The lowest BCUT2D eigenvalue weighted by atomic mass is 10.2. The van der Waals surface area contributed by atoms with Crippen molar-refractivity contribution in [1.82, 2.24) is 9.59 Å². The lowest BCUT2D eigenvalue weighted by Gasteiger charge is -2.08. The number of aryl methyl sites for hydroxylation is 1. The highest BCUT2D eigenvalue weighted by Gasteiger charge is 2.12. The molecular weight excluding hydrogens is 272 g/mol. The summed E-state index contributed by atoms with van der Waals surface area (Å²) >= 11 is 1.27. The van der Waals surface area contributed by atoms with Gasteiger partial charge in [-0.3, -0.25) is 0 Å². The van der Waals surface area contributed by atoms with Crippen LogP contribution in [0.1, 0.15) is 11.3 Å². The predicted octanol–water partition coefficient (Wildman–Crippen LogP) is 1.11. The van der Waals surface area contributed by atoms with Gasteiger partial charge >= 0.3 is 0 Å². The molecule has 1 aromatic heterocycles. The normalized spacial score (nSPS) is 11.4. The van der Waals surface area contributed by atoms with Gasteiger partial charge in [0.15, 0.2) is 0 Å². The maximum atomic E-state index is 11.4. The van der Waals surface area contributed by atoms with Crippen molar-refractivity contribution in [3.05, 3.63) is 34.8 Å². The molecule has 0 aliphatic heterocycles. The van der Waals surface area contributed by atoms with E-state index >= 15 is 0 Å². The Morgan fingerprint density at radius 2 is 2.22 bits per heavy atom. The first-order valence-corrected chi connectivity index (χ1v) is 7.48. The molecule has 3 N–H and O–H groups in total. The first-order valence-electron chi connectivity index (χ1n) is 5.10. The van der Waals surface area contributed by atoms with Crippen molar-refractivity contribution in [2.75, 3.05) is 5.32 Å². The van der Waals surface area contributed by atoms with Gasteiger partial charge in [-0.15, -0.1) is 5.10 Å². The molecule has 0 bridgehead atoms. The van der Waals surface area contributed by atoms with Gasteiger partial charge in [-0.05, 0) is 36.2 Å². The van der Waals surface area contributed by atoms with E-state index in [1.807, 2.05) is 5.38 Å². The summed E-state index contributed by atoms with van der Waals surface area (Å²) in [7, 11) is -3.69. The largest absolute Gasteiger partial charge is 0.379 e. The summed E-state index contributed by atoms with van der Waals surface area (Å²) in [6, 6.07) is 5.02. The Kier molecular flexibility index (Phi) is 3.60. The van der Waals surface area contributed by atoms with E-state index in [1.54, 1.807) is 19.1 Å². The topological polar surface area (TPSA) is 98.0 Å². The van der Waals surface area contributed by atoms with Crippen LogP contribution in [0.3, 0.4) is 0 Å². The van der Waals surface area contributed by atoms with Gasteiger partial charge in [0.1, 0.15) is 0 Å². The lowest BCUT2D eigenvalue weighted by molar-refractivity contribution is 0.597. The second kappa shape index (κ2) is 5.01. The molecule has 0 radical (unpaired) electrons. The molecule has 0 aliphatic rings. The smallest absolute Gasteiger partial charge is 0.238 e. The molecule has 0 unspecified atom stereocenters. The van der Waals surface area contributed by atoms with Crippen LogP contribution >= 0.6 is 11.5 Å². The van der Waals surface area contributed by atoms with Gasteiger partial charge < -0.3 is 5.32 Å². The fraction of sp³-hybridized carbons (Fsp3) is 0.200. The number of hydrogen-bond acceptors (Lipinski definition) is 6. The highest BCUT2D eigenvalue weighted by molar-refractivity contribution is 7.89. The number of nitrogens with one attached hydrogen (secondary N) is 1. The Morgan fingerprint density at radius 1 is 1.44 bits per heavy atom. The maximum absolute atomic E-state index is 11.4. The predicted molar refractivity (Wildman–Crippen MR) is 69.8 cm³/mol. The molecule has 0 fully saturated rings. The number of primary sulfonamides is 1. The number of nitrogens with zero attached hydrogens (tertiary/aromatic N) is 2. The zero-order valence-corrected chi connectivity index (χ0v) is 11.3. The summed E-state index contributed by atoms with van der Waals surface area (Å²) in [5, 5.41) is 13.9. The molecule has 0 aliphatic carbocycles. The van der Waals surface area contributed by atoms with Crippen LogP contribution in [0.4, 0.5) is 5.69 Å². The van der Waals surface area contributed by atoms with Crippen LogP contribution in [0.25, 0.3) is 0 Å². The molecule has 18 heavy (non-hydrogen) atoms. The van der Waals surface area contributed by atoms with Gasteiger partial charge in [0.2, 0.25) is 10.0 Å². The third kappa shape index (κ3) is 3.03. The van der Waals surface area contributed by atoms with Crippen molar-refractivity contribution in [2.24, 2.45) is 5.14 Å². The summed E-state index contributed by atoms with van der Waals surface area (Å²) in [4.78, 5) is 0.129. The van der Waals surface area contributed by atoms with Crippen LogP contribution in [0.15, 0.2) is 28.5 Å². The zero-order chi connectivity index (χ0) is 13.2. The SMILES string of the molecule is Cc1ccc(NCc2csnn2)cc1S(N)(=O)=O. The Hall–Kier alpha value is -1.51. The van der Waals surface area contributed by atoms with Gasteiger partial charge in [-0.1, -0.05) is 10.6 Å². The summed E-state index contributed by atoms with van der Waals surface area (Å²) in [5.74, 6) is 0. The van der Waals surface area contributed by atoms with Crippen LogP contribution in [-0.4, -0.2) is 18.0 Å². The molecule has 2 aromatic rings. The molecule has 0 saturated heterocycles. The second-order valence-electron chi connectivity index (χ2n) is 3.78. The van der Waals surface area contributed by atoms with E-state index in [2.05, 4.69) is 14.9 Å². The van der Waals surface area contributed by atoms with Gasteiger partial charge in [-0.2, -0.15) is 0 Å². The molecular formula is C10H12N4O2S2. The summed E-state index contributed by atoms with van der Waals surface area (Å²) in [6.45, 7) is 2.19. The van der Waals surface area contributed by atoms with Crippen LogP contribution in [0, 0.1) is 6.92 Å². The van der Waals surface area contributed by atoms with E-state index in [-0.39, 0.29) is 4.90 Å². The van der Waals surface area contributed by atoms with Crippen LogP contribution in [-0.2, 0) is 16.6 Å². The number of anilines is 1. The summed E-state index contributed by atoms with van der Waals surface area (Å²) in [6.07, 6.45) is 0. The average molecular weight is 284 g/mol. The number of nitrogens with two attached hydrogens (primary N) is 1. The van der Waals surface area contributed by atoms with Gasteiger partial charge in [0.25, 0.3) is 0 Å². The summed E-state index contributed by atoms with van der Waals surface area (Å²) in [5.41, 5.74) is 2.11. The van der Waals surface area contributed by atoms with Crippen molar-refractivity contribution in [1.29, 1.82) is 0 Å². The third-order valence-corrected chi connectivity index (χ3v) is 3.98. The van der Waals surface area contributed by atoms with Crippen LogP contribution in [0.2, 0.25) is 0 Å². The number of sulfonamides is 1. The molecule has 6 nitrogen and oxygen atoms in total. The fourth-order valence-electron chi connectivity index (χ4n) is 1.47. The highest BCUT2D eigenvalue weighted by atomic mass is 32.2. The first kappa shape index (κ1) is 12.9. The van der Waals surface area contributed by atoms with Crippen molar-refractivity contribution in [3.63, 3.8) is 0 Å². The van der Waals surface area contributed by atoms with Gasteiger partial charge in [0.05, 0.1) is 17.1 Å². The number of aromatic nitrogens is 2. The highest BCUT2D eigenvalue weighted by Crippen LogP contribution is 2.19. The fourth-order valence-corrected chi connectivity index (χ4v) is 2.73. The van der Waals surface area contributed by atoms with E-state index in [1.165, 1.54) is 17.6 Å². The van der Waals surface area contributed by atoms with Gasteiger partial charge in [0, 0.05) is 11.1 Å². The van der Waals surface area contributed by atoms with Crippen molar-refractivity contribution >= 4 is 27.2 Å². The van der Waals surface area contributed by atoms with Crippen LogP contribution < -0.4 is 10.5 Å². The van der Waals surface area contributed by atoms with E-state index < -0.39 is 10.0 Å². The average Bonchev–Trinajstić information content (AvgIpc) is 2.79. The Balaban J connectivity index is 2.20. The van der Waals surface area contributed by atoms with E-state index in [9.17, 15) is 8.42 Å². The Morgan fingerprint density at radius 3 is 2.83 bits per heavy atom. The Bertz CT molecular complexity index is 638. The number of rotatable bonds is 4. The van der Waals surface area contributed by atoms with E-state index in [4.69, 9.17) is 5.14 Å². The Labute approximate surface area is 109 Å². The molecule has 2 rings (SSSR count). The number of benzene rings is 1. The standard InChI is InChI=1S/C10H12N4O2S2/c1-7-2-3-8(4-10(7)18(11,15)16)12-5-9-6-17-14-13-9/h2-4,6,12H,5H2,1H3,(H2,11,15,16). The maximum Gasteiger partial charge on any atom is 0.238 e. The lowest BCUT2D eigenvalue weighted by Crippen LogP contribution is -2.14. The summed E-state index contributed by atoms with van der Waals surface area (Å²) < 4.78 is 26.5. The van der Waals surface area contributed by atoms with Gasteiger partial charge in [-0.25, -0.2) is 13.6 Å². The molecule has 8 heteroatoms. The molecule has 0 atom stereocenters. The minimum Gasteiger partial charge on any atom is -0.379 e. The number of hydrogen-bond donors (Lipinski definition) is 2. The molecule has 96 valence electrons. The monoisotopic (exact) mass is 284 g/mol.